The first-order valence-electron chi connectivity index (χ1n) is 13.9. The van der Waals surface area contributed by atoms with E-state index in [9.17, 15) is 18.9 Å². The fourth-order valence-electron chi connectivity index (χ4n) is 4.03. The Labute approximate surface area is 261 Å². The molecule has 14 heteroatoms. The fraction of sp³-hybridized carbons (Fsp3) is 0.226. The van der Waals surface area contributed by atoms with Crippen molar-refractivity contribution < 1.29 is 28.4 Å². The Morgan fingerprint density at radius 2 is 1.69 bits per heavy atom. The molecule has 0 aliphatic rings. The predicted octanol–water partition coefficient (Wildman–Crippen LogP) is 5.95. The van der Waals surface area contributed by atoms with Crippen molar-refractivity contribution in [3.63, 3.8) is 0 Å². The smallest absolute Gasteiger partial charge is 0.442 e. The zero-order valence-electron chi connectivity index (χ0n) is 25.2. The zero-order valence-corrected chi connectivity index (χ0v) is 26.1. The molecule has 2 atom stereocenters. The van der Waals surface area contributed by atoms with Gasteiger partial charge in [0.25, 0.3) is 0 Å². The van der Waals surface area contributed by atoms with Crippen LogP contribution in [-0.2, 0) is 14.5 Å². The second kappa shape index (κ2) is 15.0. The van der Waals surface area contributed by atoms with Crippen molar-refractivity contribution in [3.8, 4) is 16.9 Å². The molecular formula is C31H35N7O6S. The summed E-state index contributed by atoms with van der Waals surface area (Å²) in [4.78, 5) is 33.7. The standard InChI is InChI=1S/C31H35N7O6S/c1-5-44-31(41)38-45(4,42)26-15-13-22(14-16-26)34-29-32-18-27(28(37-29)33-20(2)19-39)21-9-11-23(12-10-21)35-30(40)36-24-7-6-8-25(17-24)43-3/h6-18,20,39H,5,19H2,1-4H3,(H2,35,36,40)(H2,32,33,34,37). The molecule has 0 aliphatic heterocycles. The molecule has 5 N–H and O–H groups in total. The third-order valence-corrected chi connectivity index (χ3v) is 7.94. The maximum absolute atomic E-state index is 12.9. The number of amides is 3. The van der Waals surface area contributed by atoms with Crippen molar-refractivity contribution in [3.05, 3.63) is 79.0 Å². The van der Waals surface area contributed by atoms with Gasteiger partial charge in [-0.25, -0.2) is 18.8 Å². The van der Waals surface area contributed by atoms with E-state index >= 15 is 0 Å². The van der Waals surface area contributed by atoms with Crippen molar-refractivity contribution in [2.45, 2.75) is 24.8 Å². The predicted molar refractivity (Wildman–Crippen MR) is 175 cm³/mol. The monoisotopic (exact) mass is 633 g/mol. The molecular weight excluding hydrogens is 598 g/mol. The van der Waals surface area contributed by atoms with Crippen LogP contribution in [0.3, 0.4) is 0 Å². The summed E-state index contributed by atoms with van der Waals surface area (Å²) in [7, 11) is -1.42. The number of ether oxygens (including phenoxy) is 2. The molecule has 4 aromatic rings. The van der Waals surface area contributed by atoms with Crippen LogP contribution >= 0.6 is 0 Å². The first-order valence-corrected chi connectivity index (χ1v) is 15.9. The van der Waals surface area contributed by atoms with Gasteiger partial charge in [-0.15, -0.1) is 4.36 Å². The van der Waals surface area contributed by atoms with Gasteiger partial charge in [0, 0.05) is 52.1 Å². The zero-order chi connectivity index (χ0) is 32.4. The summed E-state index contributed by atoms with van der Waals surface area (Å²) in [5.41, 5.74) is 3.23. The van der Waals surface area contributed by atoms with Crippen molar-refractivity contribution >= 4 is 50.7 Å². The number of rotatable bonds is 11. The minimum absolute atomic E-state index is 0.119. The normalized spacial score (nSPS) is 12.6. The van der Waals surface area contributed by atoms with Crippen LogP contribution in [0.4, 0.5) is 38.4 Å². The topological polar surface area (TPSA) is 176 Å². The number of urea groups is 1. The van der Waals surface area contributed by atoms with Gasteiger partial charge in [-0.3, -0.25) is 0 Å². The summed E-state index contributed by atoms with van der Waals surface area (Å²) < 4.78 is 26.5. The number of aromatic nitrogens is 2. The van der Waals surface area contributed by atoms with E-state index in [-0.39, 0.29) is 25.2 Å². The molecule has 0 radical (unpaired) electrons. The number of hydrogen-bond acceptors (Lipinski definition) is 10. The molecule has 3 aromatic carbocycles. The average molecular weight is 634 g/mol. The van der Waals surface area contributed by atoms with Gasteiger partial charge < -0.3 is 35.8 Å². The Morgan fingerprint density at radius 3 is 2.36 bits per heavy atom. The Hall–Kier alpha value is -5.21. The molecule has 1 aromatic heterocycles. The summed E-state index contributed by atoms with van der Waals surface area (Å²) in [6.07, 6.45) is 2.14. The molecule has 45 heavy (non-hydrogen) atoms. The van der Waals surface area contributed by atoms with Gasteiger partial charge in [-0.2, -0.15) is 4.98 Å². The van der Waals surface area contributed by atoms with Crippen LogP contribution in [0.15, 0.2) is 88.3 Å². The van der Waals surface area contributed by atoms with Gasteiger partial charge in [0.15, 0.2) is 0 Å². The molecule has 13 nitrogen and oxygen atoms in total. The van der Waals surface area contributed by atoms with E-state index in [0.29, 0.717) is 39.1 Å². The number of methoxy groups -OCH3 is 1. The number of hydrogen-bond donors (Lipinski definition) is 5. The van der Waals surface area contributed by atoms with E-state index in [1.807, 2.05) is 19.1 Å². The molecule has 0 saturated carbocycles. The van der Waals surface area contributed by atoms with Gasteiger partial charge in [0.2, 0.25) is 5.95 Å². The molecule has 0 aliphatic carbocycles. The Morgan fingerprint density at radius 1 is 1.00 bits per heavy atom. The molecule has 0 fully saturated rings. The lowest BCUT2D eigenvalue weighted by Crippen LogP contribution is -2.21. The first-order chi connectivity index (χ1) is 21.6. The Bertz CT molecular complexity index is 1760. The van der Waals surface area contributed by atoms with E-state index in [2.05, 4.69) is 35.6 Å². The summed E-state index contributed by atoms with van der Waals surface area (Å²) in [5.74, 6) is 1.39. The lowest BCUT2D eigenvalue weighted by atomic mass is 10.1. The quantitative estimate of drug-likeness (QED) is 0.133. The Kier molecular flexibility index (Phi) is 10.9. The minimum Gasteiger partial charge on any atom is -0.497 e. The molecule has 2 unspecified atom stereocenters. The second-order valence-corrected chi connectivity index (χ2v) is 12.1. The fourth-order valence-corrected chi connectivity index (χ4v) is 5.12. The van der Waals surface area contributed by atoms with E-state index < -0.39 is 21.9 Å². The van der Waals surface area contributed by atoms with Crippen LogP contribution < -0.4 is 26.0 Å². The lowest BCUT2D eigenvalue weighted by Gasteiger charge is -2.17. The Balaban J connectivity index is 1.49. The molecule has 0 spiro atoms. The summed E-state index contributed by atoms with van der Waals surface area (Å²) >= 11 is 0. The number of benzene rings is 3. The van der Waals surface area contributed by atoms with Gasteiger partial charge >= 0.3 is 12.1 Å². The van der Waals surface area contributed by atoms with Crippen LogP contribution in [0.1, 0.15) is 13.8 Å². The number of anilines is 5. The minimum atomic E-state index is -2.98. The van der Waals surface area contributed by atoms with Gasteiger partial charge in [-0.1, -0.05) is 18.2 Å². The molecule has 236 valence electrons. The van der Waals surface area contributed by atoms with Crippen molar-refractivity contribution in [2.75, 3.05) is 47.8 Å². The second-order valence-electron chi connectivity index (χ2n) is 9.81. The highest BCUT2D eigenvalue weighted by atomic mass is 32.2. The SMILES string of the molecule is CCOC(=O)N=S(C)(=O)c1ccc(Nc2ncc(-c3ccc(NC(=O)Nc4cccc(OC)c4)cc3)c(NC(C)CO)n2)cc1. The largest absolute Gasteiger partial charge is 0.497 e. The van der Waals surface area contributed by atoms with Gasteiger partial charge in [0.1, 0.15) is 11.6 Å². The van der Waals surface area contributed by atoms with Crippen molar-refractivity contribution in [2.24, 2.45) is 4.36 Å². The molecule has 1 heterocycles. The molecule has 0 saturated heterocycles. The molecule has 4 rings (SSSR count). The first kappa shape index (κ1) is 32.7. The highest BCUT2D eigenvalue weighted by Crippen LogP contribution is 2.29. The molecule has 0 bridgehead atoms. The van der Waals surface area contributed by atoms with Gasteiger partial charge in [-0.05, 0) is 67.9 Å². The maximum atomic E-state index is 12.9. The maximum Gasteiger partial charge on any atom is 0.442 e. The number of carbonyl (C=O) groups is 2. The van der Waals surface area contributed by atoms with Crippen LogP contribution in [0.5, 0.6) is 5.75 Å². The average Bonchev–Trinajstić information content (AvgIpc) is 3.02. The summed E-state index contributed by atoms with van der Waals surface area (Å²) in [5, 5.41) is 21.5. The molecule has 3 amide bonds. The van der Waals surface area contributed by atoms with Crippen molar-refractivity contribution in [1.29, 1.82) is 0 Å². The van der Waals surface area contributed by atoms with E-state index in [4.69, 9.17) is 9.47 Å². The number of nitrogens with one attached hydrogen (secondary N) is 4. The number of nitrogens with zero attached hydrogens (tertiary/aromatic N) is 3. The lowest BCUT2D eigenvalue weighted by molar-refractivity contribution is 0.164. The van der Waals surface area contributed by atoms with E-state index in [1.54, 1.807) is 80.9 Å². The van der Waals surface area contributed by atoms with Crippen LogP contribution in [0, 0.1) is 0 Å². The van der Waals surface area contributed by atoms with Crippen LogP contribution in [0.2, 0.25) is 0 Å². The summed E-state index contributed by atoms with van der Waals surface area (Å²) in [6, 6.07) is 20.0. The summed E-state index contributed by atoms with van der Waals surface area (Å²) in [6.45, 7) is 3.48. The van der Waals surface area contributed by atoms with E-state index in [0.717, 1.165) is 5.56 Å². The highest BCUT2D eigenvalue weighted by Gasteiger charge is 2.14. The number of aliphatic hydroxyl groups is 1. The third-order valence-electron chi connectivity index (χ3n) is 6.29. The van der Waals surface area contributed by atoms with Gasteiger partial charge in [0.05, 0.1) is 30.1 Å². The van der Waals surface area contributed by atoms with Crippen molar-refractivity contribution in [1.82, 2.24) is 9.97 Å². The van der Waals surface area contributed by atoms with E-state index in [1.165, 1.54) is 6.26 Å². The third kappa shape index (κ3) is 9.14. The van der Waals surface area contributed by atoms with Crippen LogP contribution in [-0.4, -0.2) is 64.0 Å². The van der Waals surface area contributed by atoms with Crippen LogP contribution in [0.25, 0.3) is 11.1 Å². The number of carbonyl (C=O) groups excluding carboxylic acids is 2. The highest BCUT2D eigenvalue weighted by molar-refractivity contribution is 7.93. The number of aliphatic hydroxyl groups excluding tert-OH is 1.